The lowest BCUT2D eigenvalue weighted by Crippen LogP contribution is -2.66. The molecular weight excluding hydrogens is 518 g/mol. The van der Waals surface area contributed by atoms with Gasteiger partial charge in [0.15, 0.2) is 11.6 Å². The SMILES string of the molecule is CCOC(=O)NNC(=O)[C@]12CCC(C)(C)CC1C1C(=O)C=C3[C@@]4(C)C=C(C#N)C(=O)[C@@H](C)[C@@H]4CC[C@@]3(C)[C@]1(C)CC2. The summed E-state index contributed by atoms with van der Waals surface area (Å²) in [4.78, 5) is 53.3. The van der Waals surface area contributed by atoms with Crippen molar-refractivity contribution in [1.29, 1.82) is 5.26 Å². The molecule has 0 aliphatic heterocycles. The lowest BCUT2D eigenvalue weighted by molar-refractivity contribution is -0.178. The molecule has 2 amide bonds. The minimum atomic E-state index is -0.767. The third kappa shape index (κ3) is 4.05. The zero-order valence-corrected chi connectivity index (χ0v) is 25.6. The van der Waals surface area contributed by atoms with Crippen molar-refractivity contribution in [3.8, 4) is 6.07 Å². The molecule has 222 valence electrons. The Balaban J connectivity index is 1.60. The van der Waals surface area contributed by atoms with E-state index in [2.05, 4.69) is 51.5 Å². The molecule has 0 aromatic rings. The Kier molecular flexibility index (Phi) is 6.87. The van der Waals surface area contributed by atoms with Gasteiger partial charge in [0, 0.05) is 17.3 Å². The molecule has 0 aromatic heterocycles. The van der Waals surface area contributed by atoms with Gasteiger partial charge in [0.1, 0.15) is 6.07 Å². The molecule has 5 aliphatic carbocycles. The molecular formula is C33H45N3O5. The maximum Gasteiger partial charge on any atom is 0.426 e. The van der Waals surface area contributed by atoms with E-state index in [0.29, 0.717) is 19.3 Å². The van der Waals surface area contributed by atoms with Crippen LogP contribution in [-0.4, -0.2) is 30.2 Å². The van der Waals surface area contributed by atoms with E-state index in [1.807, 2.05) is 19.1 Å². The summed E-state index contributed by atoms with van der Waals surface area (Å²) >= 11 is 0. The Labute approximate surface area is 243 Å². The number of hydrazine groups is 1. The minimum Gasteiger partial charge on any atom is -0.449 e. The molecule has 5 rings (SSSR count). The normalized spacial score (nSPS) is 42.6. The summed E-state index contributed by atoms with van der Waals surface area (Å²) in [7, 11) is 0. The average molecular weight is 564 g/mol. The molecule has 0 radical (unpaired) electrons. The second kappa shape index (κ2) is 9.54. The molecule has 0 heterocycles. The number of Topliss-reactive ketones (excluding diaryl/α,β-unsaturated/α-hetero) is 1. The highest BCUT2D eigenvalue weighted by molar-refractivity contribution is 6.02. The second-order valence-corrected chi connectivity index (χ2v) is 14.9. The largest absolute Gasteiger partial charge is 0.449 e. The molecule has 8 atom stereocenters. The van der Waals surface area contributed by atoms with Gasteiger partial charge in [-0.3, -0.25) is 19.8 Å². The topological polar surface area (TPSA) is 125 Å². The second-order valence-electron chi connectivity index (χ2n) is 14.9. The summed E-state index contributed by atoms with van der Waals surface area (Å²) in [6.07, 6.45) is 8.28. The van der Waals surface area contributed by atoms with Crippen LogP contribution in [0.1, 0.15) is 93.4 Å². The highest BCUT2D eigenvalue weighted by Crippen LogP contribution is 2.73. The number of hydrogen-bond acceptors (Lipinski definition) is 6. The van der Waals surface area contributed by atoms with E-state index in [1.54, 1.807) is 6.92 Å². The molecule has 3 fully saturated rings. The van der Waals surface area contributed by atoms with E-state index in [0.717, 1.165) is 31.3 Å². The van der Waals surface area contributed by atoms with Crippen LogP contribution >= 0.6 is 0 Å². The summed E-state index contributed by atoms with van der Waals surface area (Å²) in [6, 6.07) is 2.13. The standard InChI is InChI=1S/C33H45N3O5/c1-8-41-28(40)36-35-27(39)33-13-11-29(3,4)17-22(33)25-23(37)15-24-30(5)16-20(18-34)26(38)19(2)21(30)9-10-31(24,6)32(25,7)12-14-33/h15-16,19,21-22,25H,8-14,17H2,1-7H3,(H,35,39)(H,36,40)/t19-,21-,22?,25?,30-,31+,32+,33-/m0/s1. The van der Waals surface area contributed by atoms with Gasteiger partial charge in [-0.2, -0.15) is 5.26 Å². The van der Waals surface area contributed by atoms with Crippen molar-refractivity contribution in [3.05, 3.63) is 23.3 Å². The fourth-order valence-electron chi connectivity index (χ4n) is 10.0. The minimum absolute atomic E-state index is 0.0281. The zero-order valence-electron chi connectivity index (χ0n) is 25.6. The van der Waals surface area contributed by atoms with E-state index in [4.69, 9.17) is 4.74 Å². The third-order valence-corrected chi connectivity index (χ3v) is 12.5. The lowest BCUT2D eigenvalue weighted by atomic mass is 9.35. The first-order valence-electron chi connectivity index (χ1n) is 15.3. The van der Waals surface area contributed by atoms with E-state index >= 15 is 0 Å². The average Bonchev–Trinajstić information content (AvgIpc) is 2.90. The maximum atomic E-state index is 14.5. The van der Waals surface area contributed by atoms with Gasteiger partial charge < -0.3 is 4.74 Å². The number of nitriles is 1. The zero-order chi connectivity index (χ0) is 30.2. The monoisotopic (exact) mass is 563 g/mol. The van der Waals surface area contributed by atoms with Crippen molar-refractivity contribution in [2.45, 2.75) is 93.4 Å². The van der Waals surface area contributed by atoms with Gasteiger partial charge in [-0.05, 0) is 86.0 Å². The Hall–Kier alpha value is -2.95. The first kappa shape index (κ1) is 29.5. The predicted molar refractivity (Wildman–Crippen MR) is 153 cm³/mol. The van der Waals surface area contributed by atoms with Crippen LogP contribution < -0.4 is 10.9 Å². The van der Waals surface area contributed by atoms with E-state index < -0.39 is 22.3 Å². The number of carbonyl (C=O) groups excluding carboxylic acids is 4. The van der Waals surface area contributed by atoms with Crippen molar-refractivity contribution >= 4 is 23.6 Å². The number of carbonyl (C=O) groups is 4. The fourth-order valence-corrected chi connectivity index (χ4v) is 10.0. The first-order chi connectivity index (χ1) is 19.1. The van der Waals surface area contributed by atoms with Crippen LogP contribution in [0.4, 0.5) is 4.79 Å². The number of nitrogens with zero attached hydrogens (tertiary/aromatic N) is 1. The number of ketones is 2. The molecule has 0 saturated heterocycles. The van der Waals surface area contributed by atoms with Crippen molar-refractivity contribution in [2.24, 2.45) is 50.7 Å². The highest BCUT2D eigenvalue weighted by Gasteiger charge is 2.70. The Morgan fingerprint density at radius 1 is 1.02 bits per heavy atom. The van der Waals surface area contributed by atoms with E-state index in [1.165, 1.54) is 0 Å². The lowest BCUT2D eigenvalue weighted by Gasteiger charge is -2.68. The van der Waals surface area contributed by atoms with Gasteiger partial charge >= 0.3 is 6.09 Å². The van der Waals surface area contributed by atoms with Crippen LogP contribution in [0, 0.1) is 62.1 Å². The Bertz CT molecular complexity index is 1310. The molecule has 41 heavy (non-hydrogen) atoms. The van der Waals surface area contributed by atoms with Gasteiger partial charge in [0.25, 0.3) is 0 Å². The van der Waals surface area contributed by atoms with E-state index in [-0.39, 0.29) is 64.2 Å². The smallest absolute Gasteiger partial charge is 0.426 e. The van der Waals surface area contributed by atoms with Crippen molar-refractivity contribution in [1.82, 2.24) is 10.9 Å². The van der Waals surface area contributed by atoms with Gasteiger partial charge in [0.05, 0.1) is 17.6 Å². The summed E-state index contributed by atoms with van der Waals surface area (Å²) in [5.74, 6) is -1.05. The van der Waals surface area contributed by atoms with Gasteiger partial charge in [0.2, 0.25) is 5.91 Å². The van der Waals surface area contributed by atoms with Crippen molar-refractivity contribution < 1.29 is 23.9 Å². The quantitative estimate of drug-likeness (QED) is 0.422. The summed E-state index contributed by atoms with van der Waals surface area (Å²) in [6.45, 7) is 14.9. The molecule has 8 heteroatoms. The summed E-state index contributed by atoms with van der Waals surface area (Å²) < 4.78 is 4.95. The molecule has 8 nitrogen and oxygen atoms in total. The summed E-state index contributed by atoms with van der Waals surface area (Å²) in [5, 5.41) is 9.80. The molecule has 2 N–H and O–H groups in total. The highest BCUT2D eigenvalue weighted by atomic mass is 16.6. The Morgan fingerprint density at radius 3 is 2.37 bits per heavy atom. The Morgan fingerprint density at radius 2 is 1.71 bits per heavy atom. The summed E-state index contributed by atoms with van der Waals surface area (Å²) in [5.41, 5.74) is 4.22. The van der Waals surface area contributed by atoms with Crippen molar-refractivity contribution in [3.63, 3.8) is 0 Å². The van der Waals surface area contributed by atoms with Crippen LogP contribution in [0.5, 0.6) is 0 Å². The van der Waals surface area contributed by atoms with Gasteiger partial charge in [-0.15, -0.1) is 0 Å². The number of rotatable bonds is 2. The van der Waals surface area contributed by atoms with E-state index in [9.17, 15) is 24.4 Å². The van der Waals surface area contributed by atoms with Crippen LogP contribution in [-0.2, 0) is 19.1 Å². The number of allylic oxidation sites excluding steroid dienone is 4. The van der Waals surface area contributed by atoms with Crippen LogP contribution in [0.2, 0.25) is 0 Å². The van der Waals surface area contributed by atoms with Gasteiger partial charge in [-0.1, -0.05) is 53.2 Å². The molecule has 2 unspecified atom stereocenters. The number of ether oxygens (including phenoxy) is 1. The maximum absolute atomic E-state index is 14.5. The molecule has 0 aromatic carbocycles. The number of fused-ring (bicyclic) bond motifs is 7. The molecule has 0 spiro atoms. The van der Waals surface area contributed by atoms with Crippen LogP contribution in [0.3, 0.4) is 0 Å². The van der Waals surface area contributed by atoms with Crippen LogP contribution in [0.25, 0.3) is 0 Å². The molecule has 0 bridgehead atoms. The fraction of sp³-hybridized carbons (Fsp3) is 0.727. The number of nitrogens with one attached hydrogen (secondary N) is 2. The third-order valence-electron chi connectivity index (χ3n) is 12.5. The molecule has 3 saturated carbocycles. The van der Waals surface area contributed by atoms with Crippen molar-refractivity contribution in [2.75, 3.05) is 6.61 Å². The first-order valence-corrected chi connectivity index (χ1v) is 15.3. The van der Waals surface area contributed by atoms with Crippen LogP contribution in [0.15, 0.2) is 23.3 Å². The van der Waals surface area contributed by atoms with Gasteiger partial charge in [-0.25, -0.2) is 10.2 Å². The molecule has 5 aliphatic rings. The number of amides is 2. The number of hydrogen-bond donors (Lipinski definition) is 2. The predicted octanol–water partition coefficient (Wildman–Crippen LogP) is 5.59.